The molecule has 1 atom stereocenters. The predicted molar refractivity (Wildman–Crippen MR) is 139 cm³/mol. The molecule has 0 saturated carbocycles. The number of rotatable bonds is 10. The standard InChI is InChI=1S/C27H33N3O4S/c1-21-4-11-25(12-5-21)35(32)20-24-10-13-26(34-24)27(31)28-14-3-15-29-16-18-30(19-17-29)22-6-8-23(33-2)9-7-22/h4-13H,3,14-20H2,1-2H3,(H,28,31). The number of anilines is 1. The van der Waals surface area contributed by atoms with Crippen molar-refractivity contribution in [3.05, 3.63) is 77.7 Å². The fraction of sp³-hybridized carbons (Fsp3) is 0.370. The predicted octanol–water partition coefficient (Wildman–Crippen LogP) is 3.85. The minimum absolute atomic E-state index is 0.235. The molecular formula is C27H33N3O4S. The fourth-order valence-corrected chi connectivity index (χ4v) is 5.11. The molecule has 1 N–H and O–H groups in total. The molecule has 3 aromatic rings. The van der Waals surface area contributed by atoms with E-state index in [9.17, 15) is 9.00 Å². The van der Waals surface area contributed by atoms with Crippen LogP contribution in [0.25, 0.3) is 0 Å². The smallest absolute Gasteiger partial charge is 0.286 e. The van der Waals surface area contributed by atoms with Crippen molar-refractivity contribution in [1.82, 2.24) is 10.2 Å². The van der Waals surface area contributed by atoms with Crippen LogP contribution in [0.2, 0.25) is 0 Å². The lowest BCUT2D eigenvalue weighted by molar-refractivity contribution is 0.0922. The first kappa shape index (κ1) is 25.0. The molecule has 0 spiro atoms. The number of hydrogen-bond acceptors (Lipinski definition) is 6. The van der Waals surface area contributed by atoms with Crippen LogP contribution >= 0.6 is 0 Å². The van der Waals surface area contributed by atoms with E-state index in [0.29, 0.717) is 12.3 Å². The first-order chi connectivity index (χ1) is 17.0. The van der Waals surface area contributed by atoms with Gasteiger partial charge in [-0.15, -0.1) is 0 Å². The first-order valence-electron chi connectivity index (χ1n) is 11.9. The minimum atomic E-state index is -1.21. The monoisotopic (exact) mass is 495 g/mol. The van der Waals surface area contributed by atoms with Crippen LogP contribution in [-0.4, -0.2) is 61.4 Å². The van der Waals surface area contributed by atoms with Crippen molar-refractivity contribution < 1.29 is 18.2 Å². The third kappa shape index (κ3) is 6.96. The number of aryl methyl sites for hydroxylation is 1. The molecule has 186 valence electrons. The third-order valence-corrected chi connectivity index (χ3v) is 7.53. The number of furan rings is 1. The Morgan fingerprint density at radius 2 is 1.71 bits per heavy atom. The molecule has 0 radical (unpaired) electrons. The molecule has 8 heteroatoms. The Bertz CT molecular complexity index is 1120. The molecule has 4 rings (SSSR count). The number of benzene rings is 2. The maximum Gasteiger partial charge on any atom is 0.286 e. The van der Waals surface area contributed by atoms with E-state index >= 15 is 0 Å². The van der Waals surface area contributed by atoms with E-state index in [1.807, 2.05) is 43.3 Å². The number of amides is 1. The van der Waals surface area contributed by atoms with Crippen LogP contribution in [-0.2, 0) is 16.6 Å². The van der Waals surface area contributed by atoms with Crippen molar-refractivity contribution in [3.8, 4) is 5.75 Å². The Morgan fingerprint density at radius 3 is 2.40 bits per heavy atom. The van der Waals surface area contributed by atoms with Crippen LogP contribution in [0.4, 0.5) is 5.69 Å². The highest BCUT2D eigenvalue weighted by Gasteiger charge is 2.17. The number of carbonyl (C=O) groups excluding carboxylic acids is 1. The molecule has 0 bridgehead atoms. The number of carbonyl (C=O) groups is 1. The summed E-state index contributed by atoms with van der Waals surface area (Å²) in [7, 11) is 0.471. The summed E-state index contributed by atoms with van der Waals surface area (Å²) in [6, 6.07) is 19.2. The zero-order chi connectivity index (χ0) is 24.6. The molecule has 2 heterocycles. The number of nitrogens with zero attached hydrogens (tertiary/aromatic N) is 2. The van der Waals surface area contributed by atoms with E-state index in [0.717, 1.165) is 55.4 Å². The van der Waals surface area contributed by atoms with Gasteiger partial charge in [0, 0.05) is 43.3 Å². The summed E-state index contributed by atoms with van der Waals surface area (Å²) in [5.41, 5.74) is 2.34. The average Bonchev–Trinajstić information content (AvgIpc) is 3.36. The number of piperazine rings is 1. The summed E-state index contributed by atoms with van der Waals surface area (Å²) in [6.07, 6.45) is 0.874. The number of ether oxygens (including phenoxy) is 1. The minimum Gasteiger partial charge on any atom is -0.497 e. The van der Waals surface area contributed by atoms with Crippen LogP contribution in [0.1, 0.15) is 28.3 Å². The molecular weight excluding hydrogens is 462 g/mol. The van der Waals surface area contributed by atoms with Crippen LogP contribution in [0.15, 0.2) is 70.0 Å². The van der Waals surface area contributed by atoms with E-state index in [4.69, 9.17) is 9.15 Å². The van der Waals surface area contributed by atoms with Gasteiger partial charge in [-0.2, -0.15) is 0 Å². The Hall–Kier alpha value is -3.10. The van der Waals surface area contributed by atoms with Gasteiger partial charge in [0.25, 0.3) is 5.91 Å². The van der Waals surface area contributed by atoms with Gasteiger partial charge in [-0.05, 0) is 68.4 Å². The van der Waals surface area contributed by atoms with Crippen molar-refractivity contribution in [3.63, 3.8) is 0 Å². The van der Waals surface area contributed by atoms with E-state index in [1.54, 1.807) is 19.2 Å². The van der Waals surface area contributed by atoms with Crippen molar-refractivity contribution in [2.75, 3.05) is 51.3 Å². The highest BCUT2D eigenvalue weighted by Crippen LogP contribution is 2.20. The number of nitrogens with one attached hydrogen (secondary N) is 1. The van der Waals surface area contributed by atoms with Gasteiger partial charge >= 0.3 is 0 Å². The van der Waals surface area contributed by atoms with E-state index in [1.165, 1.54) is 5.69 Å². The summed E-state index contributed by atoms with van der Waals surface area (Å²) < 4.78 is 23.4. The fourth-order valence-electron chi connectivity index (χ4n) is 4.09. The normalized spacial score (nSPS) is 15.1. The van der Waals surface area contributed by atoms with Crippen LogP contribution in [0.5, 0.6) is 5.75 Å². The second-order valence-corrected chi connectivity index (χ2v) is 10.2. The van der Waals surface area contributed by atoms with E-state index in [2.05, 4.69) is 27.2 Å². The molecule has 1 aliphatic heterocycles. The SMILES string of the molecule is COc1ccc(N2CCN(CCCNC(=O)c3ccc(CS(=O)c4ccc(C)cc4)o3)CC2)cc1. The molecule has 35 heavy (non-hydrogen) atoms. The molecule has 1 saturated heterocycles. The molecule has 7 nitrogen and oxygen atoms in total. The van der Waals surface area contributed by atoms with E-state index < -0.39 is 10.8 Å². The first-order valence-corrected chi connectivity index (χ1v) is 13.3. The third-order valence-electron chi connectivity index (χ3n) is 6.19. The van der Waals surface area contributed by atoms with Crippen molar-refractivity contribution in [2.45, 2.75) is 24.0 Å². The van der Waals surface area contributed by atoms with Crippen molar-refractivity contribution in [1.29, 1.82) is 0 Å². The van der Waals surface area contributed by atoms with Crippen molar-refractivity contribution >= 4 is 22.4 Å². The van der Waals surface area contributed by atoms with Gasteiger partial charge in [-0.25, -0.2) is 0 Å². The summed E-state index contributed by atoms with van der Waals surface area (Å²) in [6.45, 7) is 7.49. The molecule has 0 aliphatic carbocycles. The van der Waals surface area contributed by atoms with Crippen LogP contribution in [0.3, 0.4) is 0 Å². The highest BCUT2D eigenvalue weighted by molar-refractivity contribution is 7.84. The van der Waals surface area contributed by atoms with Gasteiger partial charge in [-0.3, -0.25) is 13.9 Å². The molecule has 1 amide bonds. The quantitative estimate of drug-likeness (QED) is 0.431. The van der Waals surface area contributed by atoms with E-state index in [-0.39, 0.29) is 17.4 Å². The zero-order valence-corrected chi connectivity index (χ0v) is 21.2. The van der Waals surface area contributed by atoms with Crippen LogP contribution in [0, 0.1) is 6.92 Å². The number of hydrogen-bond donors (Lipinski definition) is 1. The van der Waals surface area contributed by atoms with Gasteiger partial charge in [0.15, 0.2) is 5.76 Å². The second-order valence-electron chi connectivity index (χ2n) is 8.71. The molecule has 1 aliphatic rings. The number of methoxy groups -OCH3 is 1. The lowest BCUT2D eigenvalue weighted by Gasteiger charge is -2.36. The summed E-state index contributed by atoms with van der Waals surface area (Å²) in [5.74, 6) is 1.69. The molecule has 1 aromatic heterocycles. The lowest BCUT2D eigenvalue weighted by atomic mass is 10.2. The largest absolute Gasteiger partial charge is 0.497 e. The zero-order valence-electron chi connectivity index (χ0n) is 20.4. The molecule has 1 fully saturated rings. The maximum absolute atomic E-state index is 12.5. The average molecular weight is 496 g/mol. The van der Waals surface area contributed by atoms with Gasteiger partial charge in [-0.1, -0.05) is 17.7 Å². The Labute approximate surface area is 209 Å². The second kappa shape index (κ2) is 12.0. The maximum atomic E-state index is 12.5. The molecule has 1 unspecified atom stereocenters. The highest BCUT2D eigenvalue weighted by atomic mass is 32.2. The Kier molecular flexibility index (Phi) is 8.60. The summed E-state index contributed by atoms with van der Waals surface area (Å²) in [5, 5.41) is 2.93. The van der Waals surface area contributed by atoms with Gasteiger partial charge in [0.1, 0.15) is 11.5 Å². The molecule has 2 aromatic carbocycles. The van der Waals surface area contributed by atoms with Gasteiger partial charge in [0.2, 0.25) is 0 Å². The topological polar surface area (TPSA) is 75.0 Å². The Balaban J connectivity index is 1.15. The van der Waals surface area contributed by atoms with Gasteiger partial charge < -0.3 is 19.4 Å². The van der Waals surface area contributed by atoms with Gasteiger partial charge in [0.05, 0.1) is 23.7 Å². The summed E-state index contributed by atoms with van der Waals surface area (Å²) >= 11 is 0. The van der Waals surface area contributed by atoms with Crippen LogP contribution < -0.4 is 15.0 Å². The summed E-state index contributed by atoms with van der Waals surface area (Å²) in [4.78, 5) is 18.0. The van der Waals surface area contributed by atoms with Crippen molar-refractivity contribution in [2.24, 2.45) is 0 Å². The lowest BCUT2D eigenvalue weighted by Crippen LogP contribution is -2.47. The Morgan fingerprint density at radius 1 is 1.00 bits per heavy atom.